The monoisotopic (exact) mass is 421 g/mol. The molecule has 0 spiro atoms. The molecule has 1 saturated heterocycles. The van der Waals surface area contributed by atoms with E-state index in [2.05, 4.69) is 27.3 Å². The van der Waals surface area contributed by atoms with Gasteiger partial charge < -0.3 is 25.0 Å². The van der Waals surface area contributed by atoms with Crippen molar-refractivity contribution < 1.29 is 14.6 Å². The van der Waals surface area contributed by atoms with Crippen LogP contribution in [0.5, 0.6) is 11.5 Å². The van der Waals surface area contributed by atoms with E-state index in [0.29, 0.717) is 5.56 Å². The molecule has 4 rings (SSSR count). The van der Waals surface area contributed by atoms with Gasteiger partial charge in [0.2, 0.25) is 0 Å². The molecular formula is C25H31N3O3. The minimum atomic E-state index is -0.0627. The largest absolute Gasteiger partial charge is 0.508 e. The number of nitrogens with one attached hydrogen (secondary N) is 2. The second kappa shape index (κ2) is 9.43. The number of phenols is 1. The summed E-state index contributed by atoms with van der Waals surface area (Å²) in [6, 6.07) is 13.6. The fourth-order valence-electron chi connectivity index (χ4n) is 4.46. The van der Waals surface area contributed by atoms with Crippen LogP contribution in [-0.2, 0) is 6.42 Å². The van der Waals surface area contributed by atoms with Crippen molar-refractivity contribution in [3.63, 3.8) is 0 Å². The molecule has 2 heterocycles. The third-order valence-electron chi connectivity index (χ3n) is 6.22. The molecule has 0 aliphatic carbocycles. The van der Waals surface area contributed by atoms with Crippen LogP contribution in [0.15, 0.2) is 42.5 Å². The number of ether oxygens (including phenoxy) is 1. The number of aromatic nitrogens is 1. The minimum Gasteiger partial charge on any atom is -0.508 e. The highest BCUT2D eigenvalue weighted by Gasteiger charge is 2.23. The number of phenolic OH excluding ortho intramolecular Hbond substituents is 1. The van der Waals surface area contributed by atoms with E-state index in [1.165, 1.54) is 5.56 Å². The summed E-state index contributed by atoms with van der Waals surface area (Å²) in [7, 11) is 1.69. The van der Waals surface area contributed by atoms with E-state index in [-0.39, 0.29) is 17.7 Å². The van der Waals surface area contributed by atoms with Gasteiger partial charge in [0.25, 0.3) is 5.91 Å². The zero-order valence-corrected chi connectivity index (χ0v) is 18.3. The lowest BCUT2D eigenvalue weighted by Gasteiger charge is -2.32. The lowest BCUT2D eigenvalue weighted by molar-refractivity contribution is 0.0912. The summed E-state index contributed by atoms with van der Waals surface area (Å²) >= 11 is 0. The van der Waals surface area contributed by atoms with Gasteiger partial charge in [0, 0.05) is 35.7 Å². The van der Waals surface area contributed by atoms with Crippen molar-refractivity contribution in [3.05, 3.63) is 59.3 Å². The number of aromatic hydroxyl groups is 1. The first kappa shape index (κ1) is 21.2. The van der Waals surface area contributed by atoms with Gasteiger partial charge in [-0.15, -0.1) is 0 Å². The van der Waals surface area contributed by atoms with Crippen molar-refractivity contribution in [3.8, 4) is 11.5 Å². The van der Waals surface area contributed by atoms with Gasteiger partial charge in [0.05, 0.1) is 12.7 Å². The summed E-state index contributed by atoms with van der Waals surface area (Å²) < 4.78 is 5.21. The average Bonchev–Trinajstić information content (AvgIpc) is 3.10. The van der Waals surface area contributed by atoms with Crippen molar-refractivity contribution in [2.45, 2.75) is 38.6 Å². The molecule has 1 aliphatic heterocycles. The number of carbonyl (C=O) groups excluding carboxylic acids is 1. The van der Waals surface area contributed by atoms with Gasteiger partial charge in [-0.3, -0.25) is 4.79 Å². The number of benzene rings is 2. The molecule has 0 atom stereocenters. The number of piperidine rings is 1. The lowest BCUT2D eigenvalue weighted by atomic mass is 10.0. The third-order valence-corrected chi connectivity index (χ3v) is 6.22. The fraction of sp³-hybridized carbons (Fsp3) is 0.400. The first-order valence-corrected chi connectivity index (χ1v) is 11.0. The van der Waals surface area contributed by atoms with Crippen molar-refractivity contribution in [2.75, 3.05) is 26.7 Å². The Morgan fingerprint density at radius 1 is 1.19 bits per heavy atom. The molecule has 0 bridgehead atoms. The number of aryl methyl sites for hydroxylation is 2. The molecule has 0 radical (unpaired) electrons. The molecule has 164 valence electrons. The summed E-state index contributed by atoms with van der Waals surface area (Å²) in [4.78, 5) is 18.7. The highest BCUT2D eigenvalue weighted by molar-refractivity contribution is 6.08. The van der Waals surface area contributed by atoms with Crippen molar-refractivity contribution in [2.24, 2.45) is 0 Å². The van der Waals surface area contributed by atoms with Crippen molar-refractivity contribution >= 4 is 16.8 Å². The van der Waals surface area contributed by atoms with Crippen LogP contribution >= 0.6 is 0 Å². The van der Waals surface area contributed by atoms with Gasteiger partial charge in [-0.1, -0.05) is 12.1 Å². The Balaban J connectivity index is 1.25. The maximum atomic E-state index is 12.9. The van der Waals surface area contributed by atoms with E-state index in [1.807, 2.05) is 19.1 Å². The Kier molecular flexibility index (Phi) is 6.47. The summed E-state index contributed by atoms with van der Waals surface area (Å²) in [5.74, 6) is 1.00. The zero-order chi connectivity index (χ0) is 21.8. The maximum Gasteiger partial charge on any atom is 0.253 e. The number of H-pyrrole nitrogens is 1. The molecule has 0 saturated carbocycles. The van der Waals surface area contributed by atoms with Gasteiger partial charge in [0.1, 0.15) is 11.5 Å². The van der Waals surface area contributed by atoms with Crippen LogP contribution in [0.2, 0.25) is 0 Å². The molecule has 1 amide bonds. The molecule has 6 heteroatoms. The lowest BCUT2D eigenvalue weighted by Crippen LogP contribution is -2.45. The van der Waals surface area contributed by atoms with E-state index in [1.54, 1.807) is 25.3 Å². The summed E-state index contributed by atoms with van der Waals surface area (Å²) in [6.45, 7) is 4.98. The quantitative estimate of drug-likeness (QED) is 0.539. The molecule has 1 aromatic heterocycles. The molecule has 0 unspecified atom stereocenters. The standard InChI is InChI=1S/C25H31N3O3/c1-17-24(22-16-20(29)7-10-23(22)26-17)25(30)27-19-11-14-28(15-12-19)13-3-4-18-5-8-21(31-2)9-6-18/h5-10,16,19,26,29H,3-4,11-15H2,1-2H3,(H,27,30). The Bertz CT molecular complexity index is 1030. The predicted molar refractivity (Wildman–Crippen MR) is 123 cm³/mol. The smallest absolute Gasteiger partial charge is 0.253 e. The first-order valence-electron chi connectivity index (χ1n) is 11.0. The van der Waals surface area contributed by atoms with E-state index >= 15 is 0 Å². The maximum absolute atomic E-state index is 12.9. The number of carbonyl (C=O) groups is 1. The highest BCUT2D eigenvalue weighted by atomic mass is 16.5. The topological polar surface area (TPSA) is 77.6 Å². The minimum absolute atomic E-state index is 0.0627. The Morgan fingerprint density at radius 2 is 1.94 bits per heavy atom. The molecule has 2 aromatic carbocycles. The number of rotatable bonds is 7. The molecule has 1 fully saturated rings. The first-order chi connectivity index (χ1) is 15.0. The number of hydrogen-bond donors (Lipinski definition) is 3. The van der Waals surface area contributed by atoms with Gasteiger partial charge in [-0.25, -0.2) is 0 Å². The predicted octanol–water partition coefficient (Wildman–Crippen LogP) is 4.02. The number of nitrogens with zero attached hydrogens (tertiary/aromatic N) is 1. The fourth-order valence-corrected chi connectivity index (χ4v) is 4.46. The zero-order valence-electron chi connectivity index (χ0n) is 18.3. The number of aromatic amines is 1. The summed E-state index contributed by atoms with van der Waals surface area (Å²) in [5, 5.41) is 13.8. The van der Waals surface area contributed by atoms with Crippen LogP contribution in [0, 0.1) is 6.92 Å². The van der Waals surface area contributed by atoms with Crippen LogP contribution < -0.4 is 10.1 Å². The van der Waals surface area contributed by atoms with Gasteiger partial charge in [0.15, 0.2) is 0 Å². The van der Waals surface area contributed by atoms with Crippen LogP contribution in [0.4, 0.5) is 0 Å². The van der Waals surface area contributed by atoms with E-state index in [0.717, 1.165) is 67.7 Å². The Hall–Kier alpha value is -2.99. The number of hydrogen-bond acceptors (Lipinski definition) is 4. The molecule has 1 aliphatic rings. The van der Waals surface area contributed by atoms with Crippen LogP contribution in [0.1, 0.15) is 40.9 Å². The second-order valence-corrected chi connectivity index (χ2v) is 8.40. The Labute approximate surface area is 183 Å². The van der Waals surface area contributed by atoms with Crippen LogP contribution in [0.3, 0.4) is 0 Å². The van der Waals surface area contributed by atoms with E-state index < -0.39 is 0 Å². The van der Waals surface area contributed by atoms with E-state index in [9.17, 15) is 9.90 Å². The van der Waals surface area contributed by atoms with Gasteiger partial charge in [-0.05, 0) is 75.0 Å². The summed E-state index contributed by atoms with van der Waals surface area (Å²) in [6.07, 6.45) is 4.11. The van der Waals surface area contributed by atoms with Crippen LogP contribution in [-0.4, -0.2) is 53.7 Å². The number of amides is 1. The molecular weight excluding hydrogens is 390 g/mol. The van der Waals surface area contributed by atoms with Gasteiger partial charge in [-0.2, -0.15) is 0 Å². The molecule has 31 heavy (non-hydrogen) atoms. The molecule has 6 nitrogen and oxygen atoms in total. The van der Waals surface area contributed by atoms with Crippen LogP contribution in [0.25, 0.3) is 10.9 Å². The highest BCUT2D eigenvalue weighted by Crippen LogP contribution is 2.26. The number of fused-ring (bicyclic) bond motifs is 1. The number of methoxy groups -OCH3 is 1. The Morgan fingerprint density at radius 3 is 2.65 bits per heavy atom. The molecule has 3 aromatic rings. The number of likely N-dealkylation sites (tertiary alicyclic amines) is 1. The SMILES string of the molecule is COc1ccc(CCCN2CCC(NC(=O)c3c(C)[nH]c4ccc(O)cc34)CC2)cc1. The third kappa shape index (κ3) is 5.02. The second-order valence-electron chi connectivity index (χ2n) is 8.40. The van der Waals surface area contributed by atoms with Crippen molar-refractivity contribution in [1.82, 2.24) is 15.2 Å². The van der Waals surface area contributed by atoms with Gasteiger partial charge >= 0.3 is 0 Å². The van der Waals surface area contributed by atoms with Crippen molar-refractivity contribution in [1.29, 1.82) is 0 Å². The average molecular weight is 422 g/mol. The summed E-state index contributed by atoms with van der Waals surface area (Å²) in [5.41, 5.74) is 3.66. The normalized spacial score (nSPS) is 15.3. The molecule has 3 N–H and O–H groups in total. The van der Waals surface area contributed by atoms with E-state index in [4.69, 9.17) is 4.74 Å².